The Bertz CT molecular complexity index is 1020. The number of aromatic nitrogens is 3. The molecule has 3 aromatic rings. The minimum absolute atomic E-state index is 0.0317. The van der Waals surface area contributed by atoms with E-state index >= 15 is 0 Å². The van der Waals surface area contributed by atoms with Crippen LogP contribution >= 0.6 is 0 Å². The fourth-order valence-corrected chi connectivity index (χ4v) is 3.68. The Morgan fingerprint density at radius 1 is 1.32 bits per heavy atom. The van der Waals surface area contributed by atoms with Gasteiger partial charge < -0.3 is 9.42 Å². The number of amides is 1. The lowest BCUT2D eigenvalue weighted by Crippen LogP contribution is -2.32. The minimum Gasteiger partial charge on any atom is -0.356 e. The molecule has 7 heteroatoms. The molecule has 1 saturated heterocycles. The second-order valence-corrected chi connectivity index (χ2v) is 7.06. The molecular formula is C21H21FN4O2. The van der Waals surface area contributed by atoms with Crippen molar-refractivity contribution in [3.8, 4) is 11.3 Å². The summed E-state index contributed by atoms with van der Waals surface area (Å²) in [6, 6.07) is 8.03. The minimum atomic E-state index is -0.359. The zero-order valence-electron chi connectivity index (χ0n) is 15.9. The zero-order valence-corrected chi connectivity index (χ0v) is 15.9. The summed E-state index contributed by atoms with van der Waals surface area (Å²) in [6.07, 6.45) is 3.41. The highest BCUT2D eigenvalue weighted by Gasteiger charge is 2.33. The highest BCUT2D eigenvalue weighted by atomic mass is 19.1. The molecule has 3 heterocycles. The molecule has 1 aliphatic rings. The summed E-state index contributed by atoms with van der Waals surface area (Å²) < 4.78 is 19.4. The Balaban J connectivity index is 1.66. The van der Waals surface area contributed by atoms with Gasteiger partial charge in [-0.05, 0) is 38.3 Å². The highest BCUT2D eigenvalue weighted by Crippen LogP contribution is 2.37. The van der Waals surface area contributed by atoms with Gasteiger partial charge in [0.1, 0.15) is 11.6 Å². The van der Waals surface area contributed by atoms with E-state index in [1.54, 1.807) is 29.3 Å². The van der Waals surface area contributed by atoms with Crippen LogP contribution in [0.2, 0.25) is 0 Å². The number of nitrogens with zero attached hydrogens (tertiary/aromatic N) is 4. The molecule has 28 heavy (non-hydrogen) atoms. The molecule has 0 aliphatic carbocycles. The van der Waals surface area contributed by atoms with Gasteiger partial charge in [-0.2, -0.15) is 0 Å². The molecule has 1 atom stereocenters. The molecule has 144 valence electrons. The molecule has 0 unspecified atom stereocenters. The summed E-state index contributed by atoms with van der Waals surface area (Å²) >= 11 is 0. The van der Waals surface area contributed by atoms with Crippen molar-refractivity contribution in [1.29, 1.82) is 0 Å². The SMILES string of the molecule is Cc1cc(-c2cnc(C)nc2[C@@H]2CCCN2C(=O)Cc2ccccc2F)on1. The second-order valence-electron chi connectivity index (χ2n) is 7.06. The zero-order chi connectivity index (χ0) is 19.7. The highest BCUT2D eigenvalue weighted by molar-refractivity contribution is 5.80. The van der Waals surface area contributed by atoms with E-state index in [1.807, 2.05) is 19.9 Å². The normalized spacial score (nSPS) is 16.5. The Kier molecular flexibility index (Phi) is 4.90. The van der Waals surface area contributed by atoms with Crippen molar-refractivity contribution in [3.05, 3.63) is 65.1 Å². The number of hydrogen-bond acceptors (Lipinski definition) is 5. The quantitative estimate of drug-likeness (QED) is 0.689. The van der Waals surface area contributed by atoms with Gasteiger partial charge in [0.2, 0.25) is 5.91 Å². The molecule has 2 aromatic heterocycles. The van der Waals surface area contributed by atoms with Crippen LogP contribution in [0, 0.1) is 19.7 Å². The molecule has 1 amide bonds. The summed E-state index contributed by atoms with van der Waals surface area (Å²) in [5.41, 5.74) is 2.66. The molecule has 0 radical (unpaired) electrons. The van der Waals surface area contributed by atoms with Crippen molar-refractivity contribution in [1.82, 2.24) is 20.0 Å². The molecule has 6 nitrogen and oxygen atoms in total. The average molecular weight is 380 g/mol. The number of hydrogen-bond donors (Lipinski definition) is 0. The molecule has 1 aromatic carbocycles. The van der Waals surface area contributed by atoms with Gasteiger partial charge in [-0.1, -0.05) is 23.4 Å². The molecule has 0 N–H and O–H groups in total. The van der Waals surface area contributed by atoms with E-state index in [0.29, 0.717) is 23.7 Å². The van der Waals surface area contributed by atoms with E-state index < -0.39 is 0 Å². The largest absolute Gasteiger partial charge is 0.356 e. The number of rotatable bonds is 4. The smallest absolute Gasteiger partial charge is 0.227 e. The summed E-state index contributed by atoms with van der Waals surface area (Å²) in [4.78, 5) is 23.7. The maximum Gasteiger partial charge on any atom is 0.227 e. The number of carbonyl (C=O) groups is 1. The van der Waals surface area contributed by atoms with Crippen molar-refractivity contribution >= 4 is 5.91 Å². The van der Waals surface area contributed by atoms with Crippen LogP contribution in [0.4, 0.5) is 4.39 Å². The van der Waals surface area contributed by atoms with Gasteiger partial charge in [-0.3, -0.25) is 4.79 Å². The van der Waals surface area contributed by atoms with E-state index in [1.165, 1.54) is 6.07 Å². The van der Waals surface area contributed by atoms with Gasteiger partial charge in [-0.15, -0.1) is 0 Å². The fraction of sp³-hybridized carbons (Fsp3) is 0.333. The van der Waals surface area contributed by atoms with Gasteiger partial charge in [0.05, 0.1) is 29.4 Å². The average Bonchev–Trinajstić information content (AvgIpc) is 3.32. The lowest BCUT2D eigenvalue weighted by atomic mass is 10.0. The monoisotopic (exact) mass is 380 g/mol. The Labute approximate surface area is 162 Å². The van der Waals surface area contributed by atoms with Crippen molar-refractivity contribution in [2.75, 3.05) is 6.54 Å². The van der Waals surface area contributed by atoms with Crippen LogP contribution in [-0.2, 0) is 11.2 Å². The van der Waals surface area contributed by atoms with Crippen LogP contribution in [0.25, 0.3) is 11.3 Å². The first-order chi connectivity index (χ1) is 13.5. The van der Waals surface area contributed by atoms with E-state index in [-0.39, 0.29) is 24.2 Å². The van der Waals surface area contributed by atoms with Crippen LogP contribution in [0.3, 0.4) is 0 Å². The number of benzene rings is 1. The summed E-state index contributed by atoms with van der Waals surface area (Å²) in [5, 5.41) is 3.95. The second kappa shape index (κ2) is 7.50. The Morgan fingerprint density at radius 3 is 2.89 bits per heavy atom. The molecule has 0 bridgehead atoms. The Hall–Kier alpha value is -3.09. The lowest BCUT2D eigenvalue weighted by molar-refractivity contribution is -0.131. The number of halogens is 1. The first-order valence-electron chi connectivity index (χ1n) is 9.33. The topological polar surface area (TPSA) is 72.1 Å². The third kappa shape index (κ3) is 3.52. The molecular weight excluding hydrogens is 359 g/mol. The van der Waals surface area contributed by atoms with Gasteiger partial charge in [0.15, 0.2) is 5.76 Å². The number of aryl methyl sites for hydroxylation is 2. The van der Waals surface area contributed by atoms with Crippen LogP contribution in [0.1, 0.15) is 41.7 Å². The maximum absolute atomic E-state index is 14.0. The molecule has 1 aliphatic heterocycles. The van der Waals surface area contributed by atoms with E-state index in [0.717, 1.165) is 29.8 Å². The first kappa shape index (κ1) is 18.3. The predicted octanol–water partition coefficient (Wildman–Crippen LogP) is 3.79. The van der Waals surface area contributed by atoms with E-state index in [9.17, 15) is 9.18 Å². The van der Waals surface area contributed by atoms with Crippen molar-refractivity contribution in [2.45, 2.75) is 39.2 Å². The Morgan fingerprint density at radius 2 is 2.14 bits per heavy atom. The van der Waals surface area contributed by atoms with E-state index in [2.05, 4.69) is 15.1 Å². The first-order valence-corrected chi connectivity index (χ1v) is 9.33. The van der Waals surface area contributed by atoms with Crippen LogP contribution in [-0.4, -0.2) is 32.5 Å². The summed E-state index contributed by atoms with van der Waals surface area (Å²) in [6.45, 7) is 4.29. The van der Waals surface area contributed by atoms with Crippen molar-refractivity contribution in [2.24, 2.45) is 0 Å². The number of likely N-dealkylation sites (tertiary alicyclic amines) is 1. The lowest BCUT2D eigenvalue weighted by Gasteiger charge is -2.26. The predicted molar refractivity (Wildman–Crippen MR) is 101 cm³/mol. The molecule has 0 saturated carbocycles. The van der Waals surface area contributed by atoms with Gasteiger partial charge in [-0.25, -0.2) is 14.4 Å². The van der Waals surface area contributed by atoms with Gasteiger partial charge in [0.25, 0.3) is 0 Å². The van der Waals surface area contributed by atoms with Crippen LogP contribution in [0.5, 0.6) is 0 Å². The van der Waals surface area contributed by atoms with Gasteiger partial charge in [0, 0.05) is 18.8 Å². The van der Waals surface area contributed by atoms with E-state index in [4.69, 9.17) is 4.52 Å². The molecule has 4 rings (SSSR count). The molecule has 1 fully saturated rings. The standard InChI is InChI=1S/C21H21FN4O2/c1-13-10-19(28-25-13)16-12-23-14(2)24-21(16)18-8-5-9-26(18)20(27)11-15-6-3-4-7-17(15)22/h3-4,6-7,10,12,18H,5,8-9,11H2,1-2H3/t18-/m0/s1. The van der Waals surface area contributed by atoms with Crippen LogP contribution < -0.4 is 0 Å². The van der Waals surface area contributed by atoms with Crippen molar-refractivity contribution < 1.29 is 13.7 Å². The maximum atomic E-state index is 14.0. The van der Waals surface area contributed by atoms with Crippen molar-refractivity contribution in [3.63, 3.8) is 0 Å². The van der Waals surface area contributed by atoms with Gasteiger partial charge >= 0.3 is 0 Å². The summed E-state index contributed by atoms with van der Waals surface area (Å²) in [7, 11) is 0. The molecule has 0 spiro atoms. The summed E-state index contributed by atoms with van der Waals surface area (Å²) in [5.74, 6) is 0.746. The number of carbonyl (C=O) groups excluding carboxylic acids is 1. The third-order valence-electron chi connectivity index (χ3n) is 5.02. The van der Waals surface area contributed by atoms with Crippen LogP contribution in [0.15, 0.2) is 41.1 Å². The fourth-order valence-electron chi connectivity index (χ4n) is 3.68. The third-order valence-corrected chi connectivity index (χ3v) is 5.02.